The van der Waals surface area contributed by atoms with Crippen LogP contribution in [0.25, 0.3) is 11.0 Å². The minimum Gasteiger partial charge on any atom is -0.486 e. The molecule has 0 bridgehead atoms. The molecule has 0 unspecified atom stereocenters. The number of ether oxygens (including phenoxy) is 1. The molecule has 144 valence electrons. The van der Waals surface area contributed by atoms with Crippen molar-refractivity contribution in [2.24, 2.45) is 0 Å². The predicted octanol–water partition coefficient (Wildman–Crippen LogP) is 5.78. The highest BCUT2D eigenvalue weighted by Gasteiger charge is 2.37. The van der Waals surface area contributed by atoms with Crippen molar-refractivity contribution in [1.29, 1.82) is 0 Å². The second-order valence-electron chi connectivity index (χ2n) is 7.33. The van der Waals surface area contributed by atoms with E-state index in [1.807, 2.05) is 13.8 Å². The number of aryl methyl sites for hydroxylation is 1. The van der Waals surface area contributed by atoms with Gasteiger partial charge in [0.1, 0.15) is 16.9 Å². The first-order valence-corrected chi connectivity index (χ1v) is 9.54. The summed E-state index contributed by atoms with van der Waals surface area (Å²) in [6, 6.07) is 10.3. The van der Waals surface area contributed by atoms with Gasteiger partial charge in [-0.3, -0.25) is 9.59 Å². The van der Waals surface area contributed by atoms with Crippen molar-refractivity contribution in [1.82, 2.24) is 0 Å². The van der Waals surface area contributed by atoms with Crippen molar-refractivity contribution in [2.45, 2.75) is 39.2 Å². The zero-order valence-corrected chi connectivity index (χ0v) is 16.6. The second-order valence-corrected chi connectivity index (χ2v) is 7.77. The van der Waals surface area contributed by atoms with Crippen LogP contribution in [0.3, 0.4) is 0 Å². The normalized spacial score (nSPS) is 18.6. The van der Waals surface area contributed by atoms with Crippen LogP contribution in [0.4, 0.5) is 5.69 Å². The van der Waals surface area contributed by atoms with Crippen LogP contribution in [0.2, 0.25) is 5.02 Å². The number of hydrogen-bond donors (Lipinski definition) is 1. The lowest BCUT2D eigenvalue weighted by molar-refractivity contribution is 0.0503. The SMILES string of the molecule is CC[C@@]1(C)CC(=O)c2c(ccc3oc(C(=O)Nc4ccc(Cl)cc4)c(C)c23)O1. The quantitative estimate of drug-likeness (QED) is 0.608. The van der Waals surface area contributed by atoms with E-state index in [2.05, 4.69) is 5.32 Å². The third kappa shape index (κ3) is 3.06. The van der Waals surface area contributed by atoms with Gasteiger partial charge in [0.05, 0.1) is 12.0 Å². The summed E-state index contributed by atoms with van der Waals surface area (Å²) in [4.78, 5) is 25.6. The molecule has 5 nitrogen and oxygen atoms in total. The summed E-state index contributed by atoms with van der Waals surface area (Å²) in [6.07, 6.45) is 1.03. The number of anilines is 1. The molecule has 4 rings (SSSR count). The fraction of sp³-hybridized carbons (Fsp3) is 0.273. The Morgan fingerprint density at radius 1 is 1.21 bits per heavy atom. The number of rotatable bonds is 3. The zero-order valence-electron chi connectivity index (χ0n) is 15.9. The van der Waals surface area contributed by atoms with Gasteiger partial charge in [0.15, 0.2) is 11.5 Å². The van der Waals surface area contributed by atoms with Crippen LogP contribution in [0.5, 0.6) is 5.75 Å². The summed E-state index contributed by atoms with van der Waals surface area (Å²) in [5.41, 5.74) is 1.71. The van der Waals surface area contributed by atoms with Crippen LogP contribution in [0.15, 0.2) is 40.8 Å². The molecule has 0 fully saturated rings. The van der Waals surface area contributed by atoms with Crippen LogP contribution < -0.4 is 10.1 Å². The summed E-state index contributed by atoms with van der Waals surface area (Å²) < 4.78 is 11.9. The van der Waals surface area contributed by atoms with Gasteiger partial charge in [-0.15, -0.1) is 0 Å². The molecule has 1 amide bonds. The smallest absolute Gasteiger partial charge is 0.291 e. The number of benzene rings is 2. The molecule has 1 aliphatic heterocycles. The number of amides is 1. The Balaban J connectivity index is 1.75. The number of fused-ring (bicyclic) bond motifs is 3. The van der Waals surface area contributed by atoms with Gasteiger partial charge in [0, 0.05) is 21.7 Å². The molecule has 0 aliphatic carbocycles. The highest BCUT2D eigenvalue weighted by Crippen LogP contribution is 2.41. The van der Waals surface area contributed by atoms with E-state index in [4.69, 9.17) is 20.8 Å². The number of hydrogen-bond acceptors (Lipinski definition) is 4. The Morgan fingerprint density at radius 2 is 1.93 bits per heavy atom. The number of furan rings is 1. The van der Waals surface area contributed by atoms with Crippen LogP contribution in [-0.4, -0.2) is 17.3 Å². The van der Waals surface area contributed by atoms with Crippen LogP contribution in [0.1, 0.15) is 53.2 Å². The maximum atomic E-state index is 12.9. The van der Waals surface area contributed by atoms with E-state index in [0.717, 1.165) is 6.42 Å². The summed E-state index contributed by atoms with van der Waals surface area (Å²) in [7, 11) is 0. The van der Waals surface area contributed by atoms with Crippen LogP contribution in [0, 0.1) is 6.92 Å². The number of carbonyl (C=O) groups excluding carboxylic acids is 2. The number of carbonyl (C=O) groups is 2. The highest BCUT2D eigenvalue weighted by atomic mass is 35.5. The first-order valence-electron chi connectivity index (χ1n) is 9.16. The molecule has 0 spiro atoms. The molecule has 1 N–H and O–H groups in total. The summed E-state index contributed by atoms with van der Waals surface area (Å²) in [5, 5.41) is 4.02. The maximum absolute atomic E-state index is 12.9. The lowest BCUT2D eigenvalue weighted by atomic mass is 9.87. The monoisotopic (exact) mass is 397 g/mol. The molecule has 0 saturated heterocycles. The van der Waals surface area contributed by atoms with Crippen LogP contribution in [-0.2, 0) is 0 Å². The highest BCUT2D eigenvalue weighted by molar-refractivity contribution is 6.30. The predicted molar refractivity (Wildman–Crippen MR) is 109 cm³/mol. The maximum Gasteiger partial charge on any atom is 0.291 e. The van der Waals surface area contributed by atoms with Crippen molar-refractivity contribution in [3.8, 4) is 5.75 Å². The van der Waals surface area contributed by atoms with Gasteiger partial charge in [0.25, 0.3) is 5.91 Å². The Bertz CT molecular complexity index is 1100. The van der Waals surface area contributed by atoms with Gasteiger partial charge < -0.3 is 14.5 Å². The van der Waals surface area contributed by atoms with Crippen molar-refractivity contribution < 1.29 is 18.7 Å². The van der Waals surface area contributed by atoms with E-state index >= 15 is 0 Å². The van der Waals surface area contributed by atoms with Crippen molar-refractivity contribution >= 4 is 39.9 Å². The molecule has 6 heteroatoms. The fourth-order valence-electron chi connectivity index (χ4n) is 3.55. The lowest BCUT2D eigenvalue weighted by Gasteiger charge is -2.34. The first kappa shape index (κ1) is 18.6. The molecule has 1 atom stereocenters. The second kappa shape index (κ2) is 6.67. The van der Waals surface area contributed by atoms with Crippen molar-refractivity contribution in [2.75, 3.05) is 5.32 Å². The van der Waals surface area contributed by atoms with E-state index < -0.39 is 5.60 Å². The minimum atomic E-state index is -0.510. The largest absolute Gasteiger partial charge is 0.486 e. The Hall–Kier alpha value is -2.79. The molecule has 2 aromatic carbocycles. The van der Waals surface area contributed by atoms with Gasteiger partial charge in [-0.05, 0) is 56.7 Å². The molecule has 28 heavy (non-hydrogen) atoms. The van der Waals surface area contributed by atoms with E-state index in [-0.39, 0.29) is 17.5 Å². The number of ketones is 1. The van der Waals surface area contributed by atoms with Gasteiger partial charge in [0.2, 0.25) is 0 Å². The molecular weight excluding hydrogens is 378 g/mol. The number of halogens is 1. The van der Waals surface area contributed by atoms with Gasteiger partial charge >= 0.3 is 0 Å². The Morgan fingerprint density at radius 3 is 2.61 bits per heavy atom. The molecule has 0 radical (unpaired) electrons. The lowest BCUT2D eigenvalue weighted by Crippen LogP contribution is -2.38. The molecule has 3 aromatic rings. The Labute approximate surface area is 167 Å². The zero-order chi connectivity index (χ0) is 20.1. The van der Waals surface area contributed by atoms with E-state index in [9.17, 15) is 9.59 Å². The number of nitrogens with one attached hydrogen (secondary N) is 1. The standard InChI is InChI=1S/C22H20ClNO4/c1-4-22(3)11-15(25)19-17(28-22)10-9-16-18(19)12(2)20(27-16)21(26)24-14-7-5-13(23)6-8-14/h5-10H,4,11H2,1-3H3,(H,24,26)/t22-/m0/s1. The fourth-order valence-corrected chi connectivity index (χ4v) is 3.67. The van der Waals surface area contributed by atoms with Crippen molar-refractivity contribution in [3.63, 3.8) is 0 Å². The molecular formula is C22H20ClNO4. The molecule has 0 saturated carbocycles. The third-order valence-corrected chi connectivity index (χ3v) is 5.53. The summed E-state index contributed by atoms with van der Waals surface area (Å²) >= 11 is 5.88. The third-order valence-electron chi connectivity index (χ3n) is 5.28. The van der Waals surface area contributed by atoms with Crippen LogP contribution >= 0.6 is 11.6 Å². The topological polar surface area (TPSA) is 68.5 Å². The summed E-state index contributed by atoms with van der Waals surface area (Å²) in [5.74, 6) is 0.341. The summed E-state index contributed by atoms with van der Waals surface area (Å²) in [6.45, 7) is 5.72. The minimum absolute atomic E-state index is 0.00441. The van der Waals surface area contributed by atoms with Gasteiger partial charge in [-0.1, -0.05) is 18.5 Å². The Kier molecular flexibility index (Phi) is 4.42. The molecule has 1 aromatic heterocycles. The van der Waals surface area contributed by atoms with Gasteiger partial charge in [-0.2, -0.15) is 0 Å². The molecule has 1 aliphatic rings. The van der Waals surface area contributed by atoms with Crippen molar-refractivity contribution in [3.05, 3.63) is 58.3 Å². The molecule has 2 heterocycles. The van der Waals surface area contributed by atoms with Gasteiger partial charge in [-0.25, -0.2) is 0 Å². The first-order chi connectivity index (χ1) is 13.3. The average Bonchev–Trinajstić information content (AvgIpc) is 3.00. The average molecular weight is 398 g/mol. The number of Topliss-reactive ketones (excluding diaryl/α,β-unsaturated/α-hetero) is 1. The van der Waals surface area contributed by atoms with E-state index in [1.54, 1.807) is 43.3 Å². The van der Waals surface area contributed by atoms with E-state index in [0.29, 0.717) is 45.0 Å². The van der Waals surface area contributed by atoms with E-state index in [1.165, 1.54) is 0 Å².